The van der Waals surface area contributed by atoms with Crippen LogP contribution in [0.15, 0.2) is 12.1 Å². The SMILES string of the molecule is CCOC(=O)c1cc(C=O)cc(C(F)(F)F)c1C(F)(F)F. The molecule has 0 amide bonds. The summed E-state index contributed by atoms with van der Waals surface area (Å²) < 4.78 is 81.2. The Hall–Kier alpha value is -2.06. The summed E-state index contributed by atoms with van der Waals surface area (Å²) in [6, 6.07) is 0.460. The minimum Gasteiger partial charge on any atom is -0.462 e. The molecule has 0 saturated heterocycles. The molecule has 0 saturated carbocycles. The maximum absolute atomic E-state index is 12.9. The highest BCUT2D eigenvalue weighted by molar-refractivity contribution is 5.94. The lowest BCUT2D eigenvalue weighted by Gasteiger charge is -2.19. The molecule has 3 nitrogen and oxygen atoms in total. The fourth-order valence-electron chi connectivity index (χ4n) is 1.63. The monoisotopic (exact) mass is 314 g/mol. The van der Waals surface area contributed by atoms with Gasteiger partial charge in [0.25, 0.3) is 0 Å². The van der Waals surface area contributed by atoms with Crippen molar-refractivity contribution in [2.75, 3.05) is 6.61 Å². The molecule has 0 aromatic heterocycles. The van der Waals surface area contributed by atoms with Gasteiger partial charge in [-0.2, -0.15) is 26.3 Å². The van der Waals surface area contributed by atoms with Crippen molar-refractivity contribution >= 4 is 12.3 Å². The Morgan fingerprint density at radius 1 is 1.14 bits per heavy atom. The first-order chi connectivity index (χ1) is 9.52. The van der Waals surface area contributed by atoms with E-state index in [1.54, 1.807) is 0 Å². The normalized spacial score (nSPS) is 12.1. The molecule has 0 bridgehead atoms. The van der Waals surface area contributed by atoms with Gasteiger partial charge in [0.1, 0.15) is 6.29 Å². The second-order valence-corrected chi connectivity index (χ2v) is 3.82. The van der Waals surface area contributed by atoms with Crippen LogP contribution >= 0.6 is 0 Å². The third-order valence-electron chi connectivity index (χ3n) is 2.38. The van der Waals surface area contributed by atoms with Gasteiger partial charge in [0, 0.05) is 5.56 Å². The van der Waals surface area contributed by atoms with Crippen LogP contribution in [0.25, 0.3) is 0 Å². The molecule has 116 valence electrons. The topological polar surface area (TPSA) is 43.4 Å². The minimum atomic E-state index is -5.44. The van der Waals surface area contributed by atoms with Crippen molar-refractivity contribution in [2.45, 2.75) is 19.3 Å². The van der Waals surface area contributed by atoms with E-state index in [9.17, 15) is 35.9 Å². The van der Waals surface area contributed by atoms with E-state index in [1.165, 1.54) is 6.92 Å². The molecule has 0 atom stereocenters. The quantitative estimate of drug-likeness (QED) is 0.485. The summed E-state index contributed by atoms with van der Waals surface area (Å²) in [7, 11) is 0. The Labute approximate surface area is 114 Å². The van der Waals surface area contributed by atoms with Crippen LogP contribution in [-0.2, 0) is 17.1 Å². The zero-order valence-electron chi connectivity index (χ0n) is 10.4. The molecule has 0 heterocycles. The third kappa shape index (κ3) is 3.73. The van der Waals surface area contributed by atoms with Crippen molar-refractivity contribution in [1.82, 2.24) is 0 Å². The lowest BCUT2D eigenvalue weighted by molar-refractivity contribution is -0.162. The number of benzene rings is 1. The summed E-state index contributed by atoms with van der Waals surface area (Å²) in [6.07, 6.45) is -10.9. The van der Waals surface area contributed by atoms with E-state index in [2.05, 4.69) is 4.74 Å². The second-order valence-electron chi connectivity index (χ2n) is 3.82. The maximum atomic E-state index is 12.9. The summed E-state index contributed by atoms with van der Waals surface area (Å²) in [4.78, 5) is 22.0. The lowest BCUT2D eigenvalue weighted by atomic mass is 9.96. The van der Waals surface area contributed by atoms with Crippen LogP contribution in [-0.4, -0.2) is 18.9 Å². The number of aldehydes is 1. The molecule has 0 unspecified atom stereocenters. The van der Waals surface area contributed by atoms with Crippen molar-refractivity contribution in [3.05, 3.63) is 34.4 Å². The van der Waals surface area contributed by atoms with Crippen LogP contribution in [0.4, 0.5) is 26.3 Å². The van der Waals surface area contributed by atoms with Crippen molar-refractivity contribution in [2.24, 2.45) is 0 Å². The molecule has 21 heavy (non-hydrogen) atoms. The summed E-state index contributed by atoms with van der Waals surface area (Å²) in [5, 5.41) is 0. The van der Waals surface area contributed by atoms with Crippen LogP contribution in [0, 0.1) is 0 Å². The molecule has 1 aromatic rings. The van der Waals surface area contributed by atoms with Crippen molar-refractivity contribution in [1.29, 1.82) is 0 Å². The second kappa shape index (κ2) is 5.74. The standard InChI is InChI=1S/C12H8F6O3/c1-2-21-10(20)7-3-6(5-19)4-8(11(13,14)15)9(7)12(16,17)18/h3-5H,2H2,1H3. The highest BCUT2D eigenvalue weighted by Crippen LogP contribution is 2.42. The van der Waals surface area contributed by atoms with Crippen LogP contribution in [0.3, 0.4) is 0 Å². The smallest absolute Gasteiger partial charge is 0.417 e. The van der Waals surface area contributed by atoms with E-state index in [-0.39, 0.29) is 19.0 Å². The Kier molecular flexibility index (Phi) is 4.65. The first-order valence-corrected chi connectivity index (χ1v) is 5.47. The molecule has 0 radical (unpaired) electrons. The number of carbonyl (C=O) groups is 2. The van der Waals surface area contributed by atoms with Crippen LogP contribution in [0.1, 0.15) is 38.8 Å². The maximum Gasteiger partial charge on any atom is 0.417 e. The Bertz CT molecular complexity index is 559. The number of hydrogen-bond donors (Lipinski definition) is 0. The van der Waals surface area contributed by atoms with Crippen LogP contribution < -0.4 is 0 Å². The predicted molar refractivity (Wildman–Crippen MR) is 57.8 cm³/mol. The molecular formula is C12H8F6O3. The molecule has 0 aliphatic rings. The highest BCUT2D eigenvalue weighted by atomic mass is 19.4. The van der Waals surface area contributed by atoms with Gasteiger partial charge in [-0.25, -0.2) is 4.79 Å². The van der Waals surface area contributed by atoms with Crippen LogP contribution in [0.2, 0.25) is 0 Å². The fourth-order valence-corrected chi connectivity index (χ4v) is 1.63. The minimum absolute atomic E-state index is 0.0402. The number of halogens is 6. The predicted octanol–water partition coefficient (Wildman–Crippen LogP) is 3.71. The van der Waals surface area contributed by atoms with Crippen molar-refractivity contribution < 1.29 is 40.7 Å². The van der Waals surface area contributed by atoms with E-state index < -0.39 is 40.6 Å². The van der Waals surface area contributed by atoms with Gasteiger partial charge in [-0.15, -0.1) is 0 Å². The molecule has 0 aliphatic carbocycles. The highest BCUT2D eigenvalue weighted by Gasteiger charge is 2.46. The molecule has 1 aromatic carbocycles. The molecule has 0 N–H and O–H groups in total. The summed E-state index contributed by atoms with van der Waals surface area (Å²) >= 11 is 0. The number of esters is 1. The summed E-state index contributed by atoms with van der Waals surface area (Å²) in [5.74, 6) is -1.58. The fraction of sp³-hybridized carbons (Fsp3) is 0.333. The Morgan fingerprint density at radius 2 is 1.71 bits per heavy atom. The number of carbonyl (C=O) groups excluding carboxylic acids is 2. The van der Waals surface area contributed by atoms with Gasteiger partial charge in [-0.1, -0.05) is 0 Å². The van der Waals surface area contributed by atoms with Gasteiger partial charge < -0.3 is 4.74 Å². The van der Waals surface area contributed by atoms with E-state index in [4.69, 9.17) is 0 Å². The van der Waals surface area contributed by atoms with Gasteiger partial charge in [0.2, 0.25) is 0 Å². The van der Waals surface area contributed by atoms with E-state index in [0.29, 0.717) is 6.07 Å². The molecule has 0 spiro atoms. The molecule has 1 rings (SSSR count). The van der Waals surface area contributed by atoms with Gasteiger partial charge in [-0.05, 0) is 19.1 Å². The van der Waals surface area contributed by atoms with E-state index in [0.717, 1.165) is 0 Å². The lowest BCUT2D eigenvalue weighted by Crippen LogP contribution is -2.22. The molecule has 0 fully saturated rings. The summed E-state index contributed by atoms with van der Waals surface area (Å²) in [5.41, 5.74) is -6.33. The van der Waals surface area contributed by atoms with Gasteiger partial charge in [0.15, 0.2) is 0 Å². The van der Waals surface area contributed by atoms with E-state index >= 15 is 0 Å². The van der Waals surface area contributed by atoms with E-state index in [1.807, 2.05) is 0 Å². The molecule has 9 heteroatoms. The third-order valence-corrected chi connectivity index (χ3v) is 2.38. The van der Waals surface area contributed by atoms with Crippen molar-refractivity contribution in [3.63, 3.8) is 0 Å². The van der Waals surface area contributed by atoms with Crippen molar-refractivity contribution in [3.8, 4) is 0 Å². The number of hydrogen-bond acceptors (Lipinski definition) is 3. The average Bonchev–Trinajstić information content (AvgIpc) is 2.35. The first kappa shape index (κ1) is 17.0. The average molecular weight is 314 g/mol. The Morgan fingerprint density at radius 3 is 2.10 bits per heavy atom. The van der Waals surface area contributed by atoms with Crippen LogP contribution in [0.5, 0.6) is 0 Å². The zero-order valence-corrected chi connectivity index (χ0v) is 10.4. The first-order valence-electron chi connectivity index (χ1n) is 5.47. The number of rotatable bonds is 3. The zero-order chi connectivity index (χ0) is 16.4. The van der Waals surface area contributed by atoms with Gasteiger partial charge in [0.05, 0.1) is 23.3 Å². The number of ether oxygens (including phenoxy) is 1. The largest absolute Gasteiger partial charge is 0.462 e. The summed E-state index contributed by atoms with van der Waals surface area (Å²) in [6.45, 7) is 0.947. The molecule has 0 aliphatic heterocycles. The van der Waals surface area contributed by atoms with Gasteiger partial charge in [-0.3, -0.25) is 4.79 Å². The Balaban J connectivity index is 3.75. The molecular weight excluding hydrogens is 306 g/mol. The number of alkyl halides is 6. The van der Waals surface area contributed by atoms with Gasteiger partial charge >= 0.3 is 18.3 Å².